The highest BCUT2D eigenvalue weighted by molar-refractivity contribution is 7.07. The van der Waals surface area contributed by atoms with Gasteiger partial charge in [0.15, 0.2) is 4.80 Å². The maximum atomic E-state index is 14.2. The van der Waals surface area contributed by atoms with Crippen molar-refractivity contribution in [3.8, 4) is 22.7 Å². The Morgan fingerprint density at radius 1 is 1.00 bits per heavy atom. The third-order valence-electron chi connectivity index (χ3n) is 7.32. The number of nitrogens with zero attached hydrogens (tertiary/aromatic N) is 4. The van der Waals surface area contributed by atoms with Crippen LogP contribution in [0.3, 0.4) is 0 Å². The van der Waals surface area contributed by atoms with E-state index in [1.165, 1.54) is 11.3 Å². The van der Waals surface area contributed by atoms with Crippen LogP contribution in [0.5, 0.6) is 5.75 Å². The lowest BCUT2D eigenvalue weighted by Gasteiger charge is -2.24. The molecule has 1 aliphatic heterocycles. The first kappa shape index (κ1) is 28.1. The van der Waals surface area contributed by atoms with Gasteiger partial charge in [-0.15, -0.1) is 0 Å². The Hall–Kier alpha value is -5.02. The fourth-order valence-corrected chi connectivity index (χ4v) is 6.21. The van der Waals surface area contributed by atoms with E-state index < -0.39 is 12.0 Å². The minimum absolute atomic E-state index is 0.211. The lowest BCUT2D eigenvalue weighted by atomic mass is 9.96. The smallest absolute Gasteiger partial charge is 0.338 e. The standard InChI is InChI=1S/C34H30N4O4S/c1-5-42-33(40)29-22(3)35-34-38(31(29)24-15-17-27(41-4)18-16-24)32(39)28(43-34)19-25-20-37(26-9-7-6-8-10-26)36-30(25)23-13-11-21(2)12-14-23/h6-20,31H,5H2,1-4H3/t31-/m0/s1. The molecule has 3 heterocycles. The van der Waals surface area contributed by atoms with Crippen LogP contribution in [0.25, 0.3) is 23.0 Å². The summed E-state index contributed by atoms with van der Waals surface area (Å²) >= 11 is 1.29. The number of esters is 1. The fraction of sp³-hybridized carbons (Fsp3) is 0.176. The van der Waals surface area contributed by atoms with Gasteiger partial charge in [0.25, 0.3) is 5.56 Å². The van der Waals surface area contributed by atoms with Gasteiger partial charge in [-0.05, 0) is 56.7 Å². The number of aromatic nitrogens is 3. The van der Waals surface area contributed by atoms with Crippen LogP contribution >= 0.6 is 11.3 Å². The minimum Gasteiger partial charge on any atom is -0.497 e. The number of rotatable bonds is 7. The van der Waals surface area contributed by atoms with Gasteiger partial charge in [-0.2, -0.15) is 5.10 Å². The topological polar surface area (TPSA) is 87.7 Å². The highest BCUT2D eigenvalue weighted by atomic mass is 32.1. The van der Waals surface area contributed by atoms with Crippen molar-refractivity contribution in [1.29, 1.82) is 0 Å². The van der Waals surface area contributed by atoms with Crippen LogP contribution in [0.15, 0.2) is 106 Å². The summed E-state index contributed by atoms with van der Waals surface area (Å²) in [6, 6.07) is 24.7. The lowest BCUT2D eigenvalue weighted by Crippen LogP contribution is -2.39. The molecule has 0 bridgehead atoms. The van der Waals surface area contributed by atoms with Gasteiger partial charge >= 0.3 is 5.97 Å². The molecule has 6 rings (SSSR count). The molecule has 1 atom stereocenters. The van der Waals surface area contributed by atoms with Crippen molar-refractivity contribution in [2.75, 3.05) is 13.7 Å². The van der Waals surface area contributed by atoms with E-state index in [-0.39, 0.29) is 12.2 Å². The molecule has 3 aromatic carbocycles. The van der Waals surface area contributed by atoms with Crippen molar-refractivity contribution in [3.05, 3.63) is 133 Å². The Labute approximate surface area is 252 Å². The number of carbonyl (C=O) groups excluding carboxylic acids is 1. The second-order valence-electron chi connectivity index (χ2n) is 10.2. The highest BCUT2D eigenvalue weighted by Gasteiger charge is 2.33. The number of thiazole rings is 1. The summed E-state index contributed by atoms with van der Waals surface area (Å²) in [6.07, 6.45) is 3.79. The highest BCUT2D eigenvalue weighted by Crippen LogP contribution is 2.32. The molecular formula is C34H30N4O4S. The lowest BCUT2D eigenvalue weighted by molar-refractivity contribution is -0.139. The first-order valence-corrected chi connectivity index (χ1v) is 14.8. The number of aryl methyl sites for hydroxylation is 1. The Morgan fingerprint density at radius 3 is 2.40 bits per heavy atom. The quantitative estimate of drug-likeness (QED) is 0.250. The summed E-state index contributed by atoms with van der Waals surface area (Å²) in [4.78, 5) is 32.6. The normalized spacial score (nSPS) is 14.8. The predicted molar refractivity (Wildman–Crippen MR) is 167 cm³/mol. The van der Waals surface area contributed by atoms with Gasteiger partial charge in [-0.3, -0.25) is 9.36 Å². The Balaban J connectivity index is 1.55. The number of ether oxygens (including phenoxy) is 2. The van der Waals surface area contributed by atoms with Gasteiger partial charge in [0.05, 0.1) is 46.9 Å². The van der Waals surface area contributed by atoms with Crippen molar-refractivity contribution in [2.45, 2.75) is 26.8 Å². The largest absolute Gasteiger partial charge is 0.497 e. The number of hydrogen-bond donors (Lipinski definition) is 0. The van der Waals surface area contributed by atoms with Gasteiger partial charge < -0.3 is 9.47 Å². The number of para-hydroxylation sites is 1. The molecule has 0 fully saturated rings. The molecule has 0 saturated heterocycles. The fourth-order valence-electron chi connectivity index (χ4n) is 5.18. The van der Waals surface area contributed by atoms with E-state index >= 15 is 0 Å². The van der Waals surface area contributed by atoms with Gasteiger partial charge in [0.1, 0.15) is 5.75 Å². The second-order valence-corrected chi connectivity index (χ2v) is 11.2. The monoisotopic (exact) mass is 590 g/mol. The average Bonchev–Trinajstić information content (AvgIpc) is 3.58. The molecule has 8 nitrogen and oxygen atoms in total. The molecule has 0 amide bonds. The maximum absolute atomic E-state index is 14.2. The Morgan fingerprint density at radius 2 is 1.72 bits per heavy atom. The van der Waals surface area contributed by atoms with Crippen molar-refractivity contribution in [3.63, 3.8) is 0 Å². The van der Waals surface area contributed by atoms with E-state index in [1.807, 2.05) is 103 Å². The predicted octanol–water partition coefficient (Wildman–Crippen LogP) is 4.97. The molecule has 0 spiro atoms. The molecule has 9 heteroatoms. The van der Waals surface area contributed by atoms with Crippen LogP contribution in [0.1, 0.15) is 36.6 Å². The van der Waals surface area contributed by atoms with E-state index in [1.54, 1.807) is 25.5 Å². The van der Waals surface area contributed by atoms with Crippen LogP contribution < -0.4 is 19.6 Å². The number of fused-ring (bicyclic) bond motifs is 1. The van der Waals surface area contributed by atoms with E-state index in [2.05, 4.69) is 0 Å². The molecule has 1 aliphatic rings. The molecule has 0 unspecified atom stereocenters. The van der Waals surface area contributed by atoms with Crippen LogP contribution in [-0.4, -0.2) is 34.0 Å². The molecule has 0 N–H and O–H groups in total. The third-order valence-corrected chi connectivity index (χ3v) is 8.31. The molecule has 216 valence electrons. The van der Waals surface area contributed by atoms with E-state index in [0.717, 1.165) is 33.6 Å². The third kappa shape index (κ3) is 5.35. The molecule has 2 aromatic heterocycles. The zero-order chi connectivity index (χ0) is 30.1. The zero-order valence-corrected chi connectivity index (χ0v) is 25.1. The molecule has 0 aliphatic carbocycles. The Bertz CT molecular complexity index is 2020. The van der Waals surface area contributed by atoms with Gasteiger partial charge in [0.2, 0.25) is 0 Å². The summed E-state index contributed by atoms with van der Waals surface area (Å²) in [5.41, 5.74) is 5.90. The van der Waals surface area contributed by atoms with Gasteiger partial charge in [0, 0.05) is 17.3 Å². The average molecular weight is 591 g/mol. The van der Waals surface area contributed by atoms with Crippen molar-refractivity contribution in [2.24, 2.45) is 4.99 Å². The van der Waals surface area contributed by atoms with E-state index in [0.29, 0.717) is 26.4 Å². The number of allylic oxidation sites excluding steroid dienone is 1. The van der Waals surface area contributed by atoms with Crippen LogP contribution in [0.2, 0.25) is 0 Å². The van der Waals surface area contributed by atoms with Crippen molar-refractivity contribution >= 4 is 23.4 Å². The number of benzene rings is 3. The second kappa shape index (κ2) is 11.7. The first-order valence-electron chi connectivity index (χ1n) is 13.9. The molecule has 0 radical (unpaired) electrons. The summed E-state index contributed by atoms with van der Waals surface area (Å²) in [5.74, 6) is 0.179. The van der Waals surface area contributed by atoms with Crippen LogP contribution in [0.4, 0.5) is 0 Å². The van der Waals surface area contributed by atoms with Crippen molar-refractivity contribution in [1.82, 2.24) is 14.3 Å². The molecule has 43 heavy (non-hydrogen) atoms. The first-order chi connectivity index (χ1) is 20.9. The van der Waals surface area contributed by atoms with Crippen LogP contribution in [0, 0.1) is 6.92 Å². The van der Waals surface area contributed by atoms with E-state index in [4.69, 9.17) is 19.6 Å². The van der Waals surface area contributed by atoms with Gasteiger partial charge in [-0.25, -0.2) is 14.5 Å². The summed E-state index contributed by atoms with van der Waals surface area (Å²) in [6.45, 7) is 5.79. The number of methoxy groups -OCH3 is 1. The molecule has 0 saturated carbocycles. The number of carbonyl (C=O) groups is 1. The summed E-state index contributed by atoms with van der Waals surface area (Å²) in [7, 11) is 1.59. The minimum atomic E-state index is -0.702. The maximum Gasteiger partial charge on any atom is 0.338 e. The molecule has 5 aromatic rings. The van der Waals surface area contributed by atoms with Crippen LogP contribution in [-0.2, 0) is 9.53 Å². The van der Waals surface area contributed by atoms with Gasteiger partial charge in [-0.1, -0.05) is 71.5 Å². The zero-order valence-electron chi connectivity index (χ0n) is 24.3. The number of hydrogen-bond acceptors (Lipinski definition) is 7. The summed E-state index contributed by atoms with van der Waals surface area (Å²) in [5, 5.41) is 4.91. The van der Waals surface area contributed by atoms with Crippen molar-refractivity contribution < 1.29 is 14.3 Å². The summed E-state index contributed by atoms with van der Waals surface area (Å²) < 4.78 is 14.6. The Kier molecular flexibility index (Phi) is 7.65. The van der Waals surface area contributed by atoms with E-state index in [9.17, 15) is 9.59 Å². The molecular weight excluding hydrogens is 560 g/mol. The SMILES string of the molecule is CCOC(=O)C1=C(C)N=c2sc(=Cc3cn(-c4ccccc4)nc3-c3ccc(C)cc3)c(=O)n2[C@H]1c1ccc(OC)cc1.